The van der Waals surface area contributed by atoms with Crippen molar-refractivity contribution >= 4 is 11.6 Å². The molecule has 0 heterocycles. The molecule has 0 saturated heterocycles. The van der Waals surface area contributed by atoms with Gasteiger partial charge in [-0.25, -0.2) is 0 Å². The van der Waals surface area contributed by atoms with Crippen LogP contribution in [0.25, 0.3) is 0 Å². The molecule has 0 aromatic rings. The molecule has 2 nitrogen and oxygen atoms in total. The summed E-state index contributed by atoms with van der Waals surface area (Å²) < 4.78 is 0. The summed E-state index contributed by atoms with van der Waals surface area (Å²) in [6.07, 6.45) is 8.65. The van der Waals surface area contributed by atoms with Crippen molar-refractivity contribution < 1.29 is 9.59 Å². The Hall–Kier alpha value is -0.920. The van der Waals surface area contributed by atoms with Crippen LogP contribution in [0.3, 0.4) is 0 Å². The zero-order chi connectivity index (χ0) is 9.31. The second kappa shape index (κ2) is 3.09. The van der Waals surface area contributed by atoms with Crippen LogP contribution in [0.4, 0.5) is 0 Å². The Morgan fingerprint density at radius 1 is 1.15 bits per heavy atom. The molecule has 1 fully saturated rings. The molecule has 0 amide bonds. The topological polar surface area (TPSA) is 34.1 Å². The second-order valence-electron chi connectivity index (χ2n) is 4.23. The molecule has 0 aliphatic heterocycles. The van der Waals surface area contributed by atoms with Crippen molar-refractivity contribution in [2.45, 2.75) is 38.5 Å². The number of rotatable bonds is 0. The van der Waals surface area contributed by atoms with Crippen LogP contribution >= 0.6 is 0 Å². The van der Waals surface area contributed by atoms with Gasteiger partial charge in [0.1, 0.15) is 5.78 Å². The normalized spacial score (nSPS) is 34.2. The fourth-order valence-corrected chi connectivity index (χ4v) is 2.37. The van der Waals surface area contributed by atoms with Gasteiger partial charge in [0.05, 0.1) is 0 Å². The van der Waals surface area contributed by atoms with Gasteiger partial charge >= 0.3 is 0 Å². The van der Waals surface area contributed by atoms with Crippen molar-refractivity contribution in [3.8, 4) is 0 Å². The van der Waals surface area contributed by atoms with Gasteiger partial charge in [0.2, 0.25) is 0 Å². The maximum absolute atomic E-state index is 11.3. The van der Waals surface area contributed by atoms with Crippen LogP contribution in [0, 0.1) is 5.41 Å². The highest BCUT2D eigenvalue weighted by molar-refractivity contribution is 5.91. The molecule has 1 atom stereocenters. The third-order valence-electron chi connectivity index (χ3n) is 3.17. The lowest BCUT2D eigenvalue weighted by Crippen LogP contribution is -2.29. The van der Waals surface area contributed by atoms with Crippen LogP contribution in [0.2, 0.25) is 0 Å². The lowest BCUT2D eigenvalue weighted by atomic mass is 9.68. The lowest BCUT2D eigenvalue weighted by molar-refractivity contribution is -0.124. The first kappa shape index (κ1) is 8.67. The predicted molar refractivity (Wildman–Crippen MR) is 49.3 cm³/mol. The number of ketones is 2. The highest BCUT2D eigenvalue weighted by Crippen LogP contribution is 2.41. The molecular weight excluding hydrogens is 164 g/mol. The molecule has 13 heavy (non-hydrogen) atoms. The van der Waals surface area contributed by atoms with E-state index in [9.17, 15) is 9.59 Å². The summed E-state index contributed by atoms with van der Waals surface area (Å²) in [5, 5.41) is 0. The van der Waals surface area contributed by atoms with Gasteiger partial charge in [0, 0.05) is 19.3 Å². The van der Waals surface area contributed by atoms with Crippen LogP contribution in [-0.4, -0.2) is 11.6 Å². The maximum atomic E-state index is 11.3. The van der Waals surface area contributed by atoms with Crippen molar-refractivity contribution in [3.05, 3.63) is 12.2 Å². The van der Waals surface area contributed by atoms with Gasteiger partial charge in [0.15, 0.2) is 5.78 Å². The van der Waals surface area contributed by atoms with E-state index in [1.807, 2.05) is 6.08 Å². The molecule has 2 aliphatic carbocycles. The van der Waals surface area contributed by atoms with Gasteiger partial charge in [0.25, 0.3) is 0 Å². The third kappa shape index (κ3) is 1.71. The third-order valence-corrected chi connectivity index (χ3v) is 3.17. The molecular formula is C11H14O2. The first-order chi connectivity index (χ1) is 6.20. The Labute approximate surface area is 78.0 Å². The minimum Gasteiger partial charge on any atom is -0.300 e. The molecule has 0 aromatic carbocycles. The lowest BCUT2D eigenvalue weighted by Gasteiger charge is -2.35. The zero-order valence-electron chi connectivity index (χ0n) is 7.71. The van der Waals surface area contributed by atoms with E-state index < -0.39 is 0 Å². The fourth-order valence-electron chi connectivity index (χ4n) is 2.37. The van der Waals surface area contributed by atoms with Gasteiger partial charge in [-0.2, -0.15) is 0 Å². The molecule has 0 radical (unpaired) electrons. The average molecular weight is 178 g/mol. The summed E-state index contributed by atoms with van der Waals surface area (Å²) in [6.45, 7) is 0. The van der Waals surface area contributed by atoms with Crippen LogP contribution in [0.1, 0.15) is 38.5 Å². The number of carbonyl (C=O) groups excluding carboxylic acids is 2. The number of allylic oxidation sites excluding steroid dienone is 2. The number of hydrogen-bond acceptors (Lipinski definition) is 2. The van der Waals surface area contributed by atoms with E-state index in [-0.39, 0.29) is 11.2 Å². The summed E-state index contributed by atoms with van der Waals surface area (Å²) in [6, 6.07) is 0. The number of Topliss-reactive ketones (excluding diaryl/α,β-unsaturated/α-hetero) is 1. The van der Waals surface area contributed by atoms with Gasteiger partial charge < -0.3 is 0 Å². The molecule has 2 aliphatic rings. The fraction of sp³-hybridized carbons (Fsp3) is 0.636. The first-order valence-electron chi connectivity index (χ1n) is 4.94. The van der Waals surface area contributed by atoms with E-state index in [1.54, 1.807) is 6.08 Å². The van der Waals surface area contributed by atoms with E-state index in [2.05, 4.69) is 0 Å². The SMILES string of the molecule is O=C1C=C[C@]2(CCCC(=O)C2)CC1. The molecule has 0 unspecified atom stereocenters. The number of hydrogen-bond donors (Lipinski definition) is 0. The molecule has 0 N–H and O–H groups in total. The molecule has 2 heteroatoms. The standard InChI is InChI=1S/C11H14O2/c12-9-3-6-11(7-4-9)5-1-2-10(13)8-11/h3,6H,1-2,4-5,7-8H2/t11-/m1/s1. The van der Waals surface area contributed by atoms with Crippen molar-refractivity contribution in [1.82, 2.24) is 0 Å². The molecule has 1 saturated carbocycles. The number of carbonyl (C=O) groups is 2. The van der Waals surface area contributed by atoms with Crippen molar-refractivity contribution in [1.29, 1.82) is 0 Å². The Bertz CT molecular complexity index is 278. The predicted octanol–water partition coefficient (Wildman–Crippen LogP) is 2.04. The first-order valence-corrected chi connectivity index (χ1v) is 4.94. The van der Waals surface area contributed by atoms with Crippen molar-refractivity contribution in [3.63, 3.8) is 0 Å². The molecule has 2 rings (SSSR count). The summed E-state index contributed by atoms with van der Waals surface area (Å²) in [7, 11) is 0. The Morgan fingerprint density at radius 2 is 2.00 bits per heavy atom. The largest absolute Gasteiger partial charge is 0.300 e. The quantitative estimate of drug-likeness (QED) is 0.568. The van der Waals surface area contributed by atoms with E-state index in [1.165, 1.54) is 0 Å². The minimum absolute atomic E-state index is 0.0588. The maximum Gasteiger partial charge on any atom is 0.155 e. The van der Waals surface area contributed by atoms with E-state index in [0.717, 1.165) is 25.7 Å². The van der Waals surface area contributed by atoms with Crippen LogP contribution in [-0.2, 0) is 9.59 Å². The van der Waals surface area contributed by atoms with E-state index >= 15 is 0 Å². The molecule has 1 spiro atoms. The second-order valence-corrected chi connectivity index (χ2v) is 4.23. The molecule has 70 valence electrons. The summed E-state index contributed by atoms with van der Waals surface area (Å²) in [5.41, 5.74) is 0.0588. The van der Waals surface area contributed by atoms with Gasteiger partial charge in [-0.05, 0) is 30.8 Å². The molecule has 0 bridgehead atoms. The van der Waals surface area contributed by atoms with E-state index in [0.29, 0.717) is 18.6 Å². The zero-order valence-corrected chi connectivity index (χ0v) is 7.71. The summed E-state index contributed by atoms with van der Waals surface area (Å²) >= 11 is 0. The minimum atomic E-state index is 0.0588. The average Bonchev–Trinajstić information content (AvgIpc) is 2.11. The Balaban J connectivity index is 2.16. The van der Waals surface area contributed by atoms with Crippen LogP contribution in [0.15, 0.2) is 12.2 Å². The Kier molecular flexibility index (Phi) is 2.06. The van der Waals surface area contributed by atoms with Gasteiger partial charge in [-0.15, -0.1) is 0 Å². The van der Waals surface area contributed by atoms with Gasteiger partial charge in [-0.1, -0.05) is 6.08 Å². The summed E-state index contributed by atoms with van der Waals surface area (Å²) in [5.74, 6) is 0.578. The smallest absolute Gasteiger partial charge is 0.155 e. The van der Waals surface area contributed by atoms with Crippen LogP contribution in [0.5, 0.6) is 0 Å². The van der Waals surface area contributed by atoms with Crippen molar-refractivity contribution in [2.24, 2.45) is 5.41 Å². The Morgan fingerprint density at radius 3 is 2.62 bits per heavy atom. The molecule has 0 aromatic heterocycles. The van der Waals surface area contributed by atoms with E-state index in [4.69, 9.17) is 0 Å². The monoisotopic (exact) mass is 178 g/mol. The highest BCUT2D eigenvalue weighted by Gasteiger charge is 2.35. The highest BCUT2D eigenvalue weighted by atomic mass is 16.1. The van der Waals surface area contributed by atoms with Gasteiger partial charge in [-0.3, -0.25) is 9.59 Å². The van der Waals surface area contributed by atoms with Crippen LogP contribution < -0.4 is 0 Å². The summed E-state index contributed by atoms with van der Waals surface area (Å²) in [4.78, 5) is 22.3. The van der Waals surface area contributed by atoms with Crippen molar-refractivity contribution in [2.75, 3.05) is 0 Å².